The van der Waals surface area contributed by atoms with Gasteiger partial charge in [-0.15, -0.1) is 0 Å². The van der Waals surface area contributed by atoms with Gasteiger partial charge in [0.15, 0.2) is 9.84 Å². The van der Waals surface area contributed by atoms with Crippen LogP contribution in [-0.4, -0.2) is 26.1 Å². The lowest BCUT2D eigenvalue weighted by Gasteiger charge is -2.27. The average molecular weight is 349 g/mol. The van der Waals surface area contributed by atoms with Crippen molar-refractivity contribution in [2.75, 3.05) is 10.7 Å². The highest BCUT2D eigenvalue weighted by Gasteiger charge is 2.32. The van der Waals surface area contributed by atoms with Gasteiger partial charge in [-0.2, -0.15) is 0 Å². The van der Waals surface area contributed by atoms with Gasteiger partial charge in [0.2, 0.25) is 0 Å². The van der Waals surface area contributed by atoms with E-state index in [2.05, 4.69) is 0 Å². The Kier molecular flexibility index (Phi) is 4.19. The lowest BCUT2D eigenvalue weighted by molar-refractivity contribution is 0.0983. The Morgan fingerprint density at radius 2 is 1.50 bits per heavy atom. The summed E-state index contributed by atoms with van der Waals surface area (Å²) in [6.07, 6.45) is 1.42. The van der Waals surface area contributed by atoms with E-state index in [0.29, 0.717) is 5.69 Å². The number of sulfone groups is 1. The molecule has 1 unspecified atom stereocenters. The molecule has 1 atom stereocenters. The van der Waals surface area contributed by atoms with E-state index in [1.807, 2.05) is 0 Å². The molecule has 1 heterocycles. The zero-order valence-electron chi connectivity index (χ0n) is 12.4. The molecule has 0 aromatic heterocycles. The Bertz CT molecular complexity index is 890. The quantitative estimate of drug-likeness (QED) is 0.856. The van der Waals surface area contributed by atoms with E-state index >= 15 is 0 Å². The maximum Gasteiger partial charge on any atom is 0.258 e. The zero-order chi connectivity index (χ0) is 17.3. The first kappa shape index (κ1) is 16.3. The fourth-order valence-electron chi connectivity index (χ4n) is 2.51. The second-order valence-corrected chi connectivity index (χ2v) is 7.32. The van der Waals surface area contributed by atoms with Crippen LogP contribution in [0.5, 0.6) is 0 Å². The number of benzene rings is 2. The molecular weight excluding hydrogens is 336 g/mol. The number of carbonyl (C=O) groups excluding carboxylic acids is 1. The van der Waals surface area contributed by atoms with Crippen LogP contribution in [0.25, 0.3) is 0 Å². The van der Waals surface area contributed by atoms with Crippen molar-refractivity contribution >= 4 is 21.4 Å². The normalized spacial score (nSPS) is 18.5. The van der Waals surface area contributed by atoms with Gasteiger partial charge in [-0.3, -0.25) is 4.79 Å². The van der Waals surface area contributed by atoms with Gasteiger partial charge in [0, 0.05) is 16.7 Å². The minimum absolute atomic E-state index is 0.207. The number of hydrogen-bond donors (Lipinski definition) is 0. The van der Waals surface area contributed by atoms with Gasteiger partial charge in [0.05, 0.1) is 11.8 Å². The molecule has 124 valence electrons. The van der Waals surface area contributed by atoms with Crippen molar-refractivity contribution in [3.8, 4) is 0 Å². The van der Waals surface area contributed by atoms with Crippen LogP contribution in [0.1, 0.15) is 10.4 Å². The molecule has 4 nitrogen and oxygen atoms in total. The standard InChI is InChI=1S/C17H13F2NO3S/c18-13-3-1-12(2-4-13)17(21)20(15-7-5-14(19)6-8-15)16-9-10-24(22,23)11-16/h1-10,16H,11H2. The first-order chi connectivity index (χ1) is 11.4. The van der Waals surface area contributed by atoms with Gasteiger partial charge >= 0.3 is 0 Å². The van der Waals surface area contributed by atoms with Crippen molar-refractivity contribution in [1.82, 2.24) is 0 Å². The van der Waals surface area contributed by atoms with Gasteiger partial charge in [0.1, 0.15) is 11.6 Å². The molecule has 0 aliphatic carbocycles. The highest BCUT2D eigenvalue weighted by atomic mass is 32.2. The molecule has 7 heteroatoms. The minimum atomic E-state index is -3.39. The van der Waals surface area contributed by atoms with Crippen LogP contribution >= 0.6 is 0 Å². The lowest BCUT2D eigenvalue weighted by Crippen LogP contribution is -2.41. The largest absolute Gasteiger partial charge is 0.300 e. The van der Waals surface area contributed by atoms with E-state index in [9.17, 15) is 22.0 Å². The number of hydrogen-bond acceptors (Lipinski definition) is 3. The van der Waals surface area contributed by atoms with Gasteiger partial charge in [0.25, 0.3) is 5.91 Å². The van der Waals surface area contributed by atoms with Crippen LogP contribution in [0.3, 0.4) is 0 Å². The van der Waals surface area contributed by atoms with E-state index in [0.717, 1.165) is 17.5 Å². The summed E-state index contributed by atoms with van der Waals surface area (Å²) in [5.41, 5.74) is 0.566. The van der Waals surface area contributed by atoms with Crippen LogP contribution in [-0.2, 0) is 9.84 Å². The predicted octanol–water partition coefficient (Wildman–Crippen LogP) is 2.92. The van der Waals surface area contributed by atoms with Gasteiger partial charge < -0.3 is 4.90 Å². The Hall–Kier alpha value is -2.54. The van der Waals surface area contributed by atoms with Gasteiger partial charge in [-0.1, -0.05) is 0 Å². The van der Waals surface area contributed by atoms with Crippen molar-refractivity contribution in [2.24, 2.45) is 0 Å². The maximum atomic E-state index is 13.2. The molecule has 0 saturated heterocycles. The van der Waals surface area contributed by atoms with Crippen molar-refractivity contribution < 1.29 is 22.0 Å². The molecule has 0 saturated carbocycles. The van der Waals surface area contributed by atoms with Crippen molar-refractivity contribution in [2.45, 2.75) is 6.04 Å². The second kappa shape index (κ2) is 6.16. The number of anilines is 1. The van der Waals surface area contributed by atoms with Crippen LogP contribution in [0, 0.1) is 11.6 Å². The SMILES string of the molecule is O=C(c1ccc(F)cc1)N(c1ccc(F)cc1)C1C=CS(=O)(=O)C1. The molecule has 2 aromatic carbocycles. The van der Waals surface area contributed by atoms with Crippen LogP contribution < -0.4 is 4.90 Å². The molecule has 24 heavy (non-hydrogen) atoms. The summed E-state index contributed by atoms with van der Waals surface area (Å²) in [5, 5.41) is 1.06. The third kappa shape index (κ3) is 3.35. The van der Waals surface area contributed by atoms with E-state index in [1.165, 1.54) is 47.4 Å². The Morgan fingerprint density at radius 3 is 2.00 bits per heavy atom. The predicted molar refractivity (Wildman–Crippen MR) is 86.3 cm³/mol. The van der Waals surface area contributed by atoms with E-state index in [-0.39, 0.29) is 11.3 Å². The average Bonchev–Trinajstić information content (AvgIpc) is 2.90. The molecule has 2 aromatic rings. The molecule has 0 fully saturated rings. The van der Waals surface area contributed by atoms with Crippen molar-refractivity contribution in [3.05, 3.63) is 77.2 Å². The highest BCUT2D eigenvalue weighted by Crippen LogP contribution is 2.25. The van der Waals surface area contributed by atoms with E-state index < -0.39 is 33.4 Å². The summed E-state index contributed by atoms with van der Waals surface area (Å²) in [7, 11) is -3.39. The number of nitrogens with zero attached hydrogens (tertiary/aromatic N) is 1. The third-order valence-corrected chi connectivity index (χ3v) is 5.04. The number of carbonyl (C=O) groups is 1. The fraction of sp³-hybridized carbons (Fsp3) is 0.118. The summed E-state index contributed by atoms with van der Waals surface area (Å²) in [4.78, 5) is 14.1. The van der Waals surface area contributed by atoms with Crippen LogP contribution in [0.2, 0.25) is 0 Å². The fourth-order valence-corrected chi connectivity index (χ4v) is 3.78. The highest BCUT2D eigenvalue weighted by molar-refractivity contribution is 7.94. The second-order valence-electron chi connectivity index (χ2n) is 5.38. The summed E-state index contributed by atoms with van der Waals surface area (Å²) >= 11 is 0. The monoisotopic (exact) mass is 349 g/mol. The first-order valence-corrected chi connectivity index (χ1v) is 8.83. The number of amides is 1. The van der Waals surface area contributed by atoms with Crippen molar-refractivity contribution in [1.29, 1.82) is 0 Å². The Labute approximate surface area is 137 Å². The van der Waals surface area contributed by atoms with E-state index in [1.54, 1.807) is 0 Å². The molecule has 0 bridgehead atoms. The molecule has 1 aliphatic rings. The van der Waals surface area contributed by atoms with E-state index in [4.69, 9.17) is 0 Å². The smallest absolute Gasteiger partial charge is 0.258 e. The maximum absolute atomic E-state index is 13.2. The summed E-state index contributed by atoms with van der Waals surface area (Å²) in [6, 6.07) is 9.40. The van der Waals surface area contributed by atoms with Gasteiger partial charge in [-0.05, 0) is 54.6 Å². The molecule has 3 rings (SSSR count). The molecule has 0 N–H and O–H groups in total. The third-order valence-electron chi connectivity index (χ3n) is 3.66. The Morgan fingerprint density at radius 1 is 0.958 bits per heavy atom. The molecular formula is C17H13F2NO3S. The zero-order valence-corrected chi connectivity index (χ0v) is 13.2. The first-order valence-electron chi connectivity index (χ1n) is 7.11. The molecule has 1 aliphatic heterocycles. The van der Waals surface area contributed by atoms with Gasteiger partial charge in [-0.25, -0.2) is 17.2 Å². The molecule has 1 amide bonds. The summed E-state index contributed by atoms with van der Waals surface area (Å²) in [6.45, 7) is 0. The summed E-state index contributed by atoms with van der Waals surface area (Å²) < 4.78 is 49.6. The molecule has 0 radical (unpaired) electrons. The minimum Gasteiger partial charge on any atom is -0.300 e. The van der Waals surface area contributed by atoms with Crippen LogP contribution in [0.15, 0.2) is 60.0 Å². The lowest BCUT2D eigenvalue weighted by atomic mass is 10.1. The van der Waals surface area contributed by atoms with Crippen LogP contribution in [0.4, 0.5) is 14.5 Å². The topological polar surface area (TPSA) is 54.5 Å². The Balaban J connectivity index is 2.01. The number of halogens is 2. The number of rotatable bonds is 3. The molecule has 0 spiro atoms. The van der Waals surface area contributed by atoms with Crippen molar-refractivity contribution in [3.63, 3.8) is 0 Å². The summed E-state index contributed by atoms with van der Waals surface area (Å²) in [5.74, 6) is -1.70.